The van der Waals surface area contributed by atoms with E-state index < -0.39 is 11.9 Å². The van der Waals surface area contributed by atoms with Gasteiger partial charge in [-0.3, -0.25) is 15.2 Å². The lowest BCUT2D eigenvalue weighted by Gasteiger charge is -2.20. The zero-order valence-corrected chi connectivity index (χ0v) is 8.87. The molecule has 0 aliphatic rings. The fourth-order valence-corrected chi connectivity index (χ4v) is 1.00. The molecule has 6 N–H and O–H groups in total. The van der Waals surface area contributed by atoms with Gasteiger partial charge < -0.3 is 11.1 Å². The Labute approximate surface area is 84.1 Å². The molecule has 82 valence electrons. The standard InChI is InChI=1S/C8H19N5O/c1-4-11-8(13-10)12-6(5(2)3)7(9)14/h5-6H,4,10H2,1-3H3,(H2,9,14)(H2,11,12,13). The van der Waals surface area contributed by atoms with Crippen molar-refractivity contribution >= 4 is 11.9 Å². The number of nitrogens with one attached hydrogen (secondary N) is 2. The quantitative estimate of drug-likeness (QED) is 0.201. The molecule has 6 nitrogen and oxygen atoms in total. The number of carbonyl (C=O) groups excluding carboxylic acids is 1. The Kier molecular flexibility index (Phi) is 5.62. The molecule has 0 spiro atoms. The first kappa shape index (κ1) is 12.7. The number of nitrogens with two attached hydrogens (primary N) is 2. The third kappa shape index (κ3) is 4.08. The second kappa shape index (κ2) is 6.20. The van der Waals surface area contributed by atoms with Crippen molar-refractivity contribution in [3.05, 3.63) is 0 Å². The van der Waals surface area contributed by atoms with Crippen molar-refractivity contribution in [2.24, 2.45) is 22.5 Å². The summed E-state index contributed by atoms with van der Waals surface area (Å²) in [6.07, 6.45) is 0. The second-order valence-electron chi connectivity index (χ2n) is 3.24. The van der Waals surface area contributed by atoms with Crippen molar-refractivity contribution in [2.75, 3.05) is 6.54 Å². The van der Waals surface area contributed by atoms with Gasteiger partial charge >= 0.3 is 0 Å². The van der Waals surface area contributed by atoms with Gasteiger partial charge in [0, 0.05) is 6.54 Å². The highest BCUT2D eigenvalue weighted by Gasteiger charge is 2.19. The number of guanidine groups is 1. The molecule has 0 aromatic heterocycles. The molecule has 1 amide bonds. The van der Waals surface area contributed by atoms with Crippen LogP contribution in [-0.2, 0) is 4.79 Å². The summed E-state index contributed by atoms with van der Waals surface area (Å²) < 4.78 is 0. The van der Waals surface area contributed by atoms with Crippen LogP contribution in [0.2, 0.25) is 0 Å². The summed E-state index contributed by atoms with van der Waals surface area (Å²) in [5, 5.41) is 2.84. The van der Waals surface area contributed by atoms with E-state index in [1.165, 1.54) is 0 Å². The summed E-state index contributed by atoms with van der Waals surface area (Å²) in [6.45, 7) is 6.23. The zero-order valence-electron chi connectivity index (χ0n) is 8.87. The maximum Gasteiger partial charge on any atom is 0.240 e. The van der Waals surface area contributed by atoms with Gasteiger partial charge in [-0.1, -0.05) is 13.8 Å². The molecular weight excluding hydrogens is 182 g/mol. The van der Waals surface area contributed by atoms with E-state index in [0.29, 0.717) is 12.5 Å². The average molecular weight is 201 g/mol. The fraction of sp³-hybridized carbons (Fsp3) is 0.750. The number of hydrazine groups is 1. The lowest BCUT2D eigenvalue weighted by molar-refractivity contribution is -0.120. The third-order valence-electron chi connectivity index (χ3n) is 1.72. The van der Waals surface area contributed by atoms with E-state index >= 15 is 0 Å². The summed E-state index contributed by atoms with van der Waals surface area (Å²) in [4.78, 5) is 15.0. The summed E-state index contributed by atoms with van der Waals surface area (Å²) in [5.41, 5.74) is 7.59. The highest BCUT2D eigenvalue weighted by atomic mass is 16.1. The molecule has 0 aliphatic heterocycles. The number of aliphatic imine (C=N–C) groups is 1. The highest BCUT2D eigenvalue weighted by Crippen LogP contribution is 1.99. The molecule has 0 rings (SSSR count). The van der Waals surface area contributed by atoms with Gasteiger partial charge in [0.15, 0.2) is 0 Å². The van der Waals surface area contributed by atoms with Crippen LogP contribution in [0.3, 0.4) is 0 Å². The van der Waals surface area contributed by atoms with E-state index in [1.807, 2.05) is 20.8 Å². The van der Waals surface area contributed by atoms with Crippen molar-refractivity contribution in [2.45, 2.75) is 26.8 Å². The first-order valence-electron chi connectivity index (χ1n) is 4.59. The molecule has 0 saturated carbocycles. The van der Waals surface area contributed by atoms with E-state index in [4.69, 9.17) is 11.6 Å². The van der Waals surface area contributed by atoms with Crippen LogP contribution in [0.4, 0.5) is 0 Å². The minimum atomic E-state index is -0.462. The van der Waals surface area contributed by atoms with E-state index in [1.54, 1.807) is 0 Å². The lowest BCUT2D eigenvalue weighted by atomic mass is 10.0. The summed E-state index contributed by atoms with van der Waals surface area (Å²) in [6, 6.07) is -0.462. The molecule has 0 heterocycles. The van der Waals surface area contributed by atoms with E-state index in [9.17, 15) is 4.79 Å². The van der Waals surface area contributed by atoms with Gasteiger partial charge in [-0.25, -0.2) is 5.84 Å². The molecule has 0 bridgehead atoms. The van der Waals surface area contributed by atoms with Gasteiger partial charge in [-0.15, -0.1) is 0 Å². The maximum absolute atomic E-state index is 11.0. The van der Waals surface area contributed by atoms with Crippen LogP contribution in [0.25, 0.3) is 0 Å². The molecule has 0 fully saturated rings. The average Bonchev–Trinajstić information content (AvgIpc) is 2.10. The number of amides is 1. The smallest absolute Gasteiger partial charge is 0.240 e. The molecule has 0 aromatic carbocycles. The Morgan fingerprint density at radius 2 is 2.07 bits per heavy atom. The highest BCUT2D eigenvalue weighted by molar-refractivity contribution is 5.88. The van der Waals surface area contributed by atoms with Crippen LogP contribution in [0, 0.1) is 5.92 Å². The SMILES string of the molecule is CCN=C(NN)NC(C(N)=O)C(C)C. The molecule has 1 atom stereocenters. The predicted octanol–water partition coefficient (Wildman–Crippen LogP) is -1.07. The molecular formula is C8H19N5O. The van der Waals surface area contributed by atoms with Crippen molar-refractivity contribution in [3.8, 4) is 0 Å². The largest absolute Gasteiger partial charge is 0.368 e. The van der Waals surface area contributed by atoms with Gasteiger partial charge in [0.2, 0.25) is 11.9 Å². The summed E-state index contributed by atoms with van der Waals surface area (Å²) >= 11 is 0. The van der Waals surface area contributed by atoms with Crippen molar-refractivity contribution in [3.63, 3.8) is 0 Å². The van der Waals surface area contributed by atoms with E-state index in [-0.39, 0.29) is 5.92 Å². The Hall–Kier alpha value is -1.30. The topological polar surface area (TPSA) is 106 Å². The summed E-state index contributed by atoms with van der Waals surface area (Å²) in [7, 11) is 0. The van der Waals surface area contributed by atoms with Gasteiger partial charge in [0.05, 0.1) is 0 Å². The van der Waals surface area contributed by atoms with Gasteiger partial charge in [0.25, 0.3) is 0 Å². The van der Waals surface area contributed by atoms with Crippen molar-refractivity contribution in [1.82, 2.24) is 10.7 Å². The van der Waals surface area contributed by atoms with Crippen LogP contribution in [0.5, 0.6) is 0 Å². The molecule has 14 heavy (non-hydrogen) atoms. The van der Waals surface area contributed by atoms with E-state index in [0.717, 1.165) is 0 Å². The minimum Gasteiger partial charge on any atom is -0.368 e. The lowest BCUT2D eigenvalue weighted by Crippen LogP contribution is -2.53. The van der Waals surface area contributed by atoms with Crippen LogP contribution in [0.15, 0.2) is 4.99 Å². The number of carbonyl (C=O) groups is 1. The van der Waals surface area contributed by atoms with Crippen molar-refractivity contribution < 1.29 is 4.79 Å². The van der Waals surface area contributed by atoms with Gasteiger partial charge in [-0.2, -0.15) is 0 Å². The number of hydrogen-bond acceptors (Lipinski definition) is 3. The van der Waals surface area contributed by atoms with Crippen LogP contribution in [0.1, 0.15) is 20.8 Å². The zero-order chi connectivity index (χ0) is 11.1. The monoisotopic (exact) mass is 201 g/mol. The summed E-state index contributed by atoms with van der Waals surface area (Å²) in [5.74, 6) is 5.26. The number of rotatable bonds is 4. The van der Waals surface area contributed by atoms with Gasteiger partial charge in [-0.05, 0) is 12.8 Å². The Morgan fingerprint density at radius 1 is 1.50 bits per heavy atom. The number of nitrogens with zero attached hydrogens (tertiary/aromatic N) is 1. The molecule has 0 aliphatic carbocycles. The normalized spacial score (nSPS) is 13.9. The fourth-order valence-electron chi connectivity index (χ4n) is 1.00. The first-order valence-corrected chi connectivity index (χ1v) is 4.59. The predicted molar refractivity (Wildman–Crippen MR) is 56.3 cm³/mol. The third-order valence-corrected chi connectivity index (χ3v) is 1.72. The maximum atomic E-state index is 11.0. The number of hydrogen-bond donors (Lipinski definition) is 4. The molecule has 0 saturated heterocycles. The van der Waals surface area contributed by atoms with Crippen molar-refractivity contribution in [1.29, 1.82) is 0 Å². The Bertz CT molecular complexity index is 214. The molecule has 1 unspecified atom stereocenters. The first-order chi connectivity index (χ1) is 6.52. The molecule has 0 aromatic rings. The second-order valence-corrected chi connectivity index (χ2v) is 3.24. The van der Waals surface area contributed by atoms with Crippen LogP contribution < -0.4 is 22.3 Å². The van der Waals surface area contributed by atoms with Crippen LogP contribution in [-0.4, -0.2) is 24.5 Å². The molecule has 0 radical (unpaired) electrons. The number of primary amides is 1. The Balaban J connectivity index is 4.42. The molecule has 6 heteroatoms. The Morgan fingerprint density at radius 3 is 2.36 bits per heavy atom. The minimum absolute atomic E-state index is 0.0860. The van der Waals surface area contributed by atoms with Crippen LogP contribution >= 0.6 is 0 Å². The van der Waals surface area contributed by atoms with Gasteiger partial charge in [0.1, 0.15) is 6.04 Å². The van der Waals surface area contributed by atoms with E-state index in [2.05, 4.69) is 15.7 Å².